The van der Waals surface area contributed by atoms with Crippen molar-refractivity contribution in [3.05, 3.63) is 46.4 Å². The van der Waals surface area contributed by atoms with Gasteiger partial charge in [0.1, 0.15) is 5.82 Å². The van der Waals surface area contributed by atoms with Crippen molar-refractivity contribution >= 4 is 33.8 Å². The monoisotopic (exact) mass is 289 g/mol. The Morgan fingerprint density at radius 2 is 2.20 bits per heavy atom. The molecule has 2 heterocycles. The summed E-state index contributed by atoms with van der Waals surface area (Å²) in [6.07, 6.45) is 0. The molecule has 0 unspecified atom stereocenters. The van der Waals surface area contributed by atoms with Gasteiger partial charge in [0.25, 0.3) is 0 Å². The van der Waals surface area contributed by atoms with Crippen LogP contribution in [0.5, 0.6) is 5.88 Å². The molecule has 2 N–H and O–H groups in total. The molecule has 100 valence electrons. The average molecular weight is 289 g/mol. The molecule has 0 bridgehead atoms. The fraction of sp³-hybridized carbons (Fsp3) is 0. The number of benzene rings is 1. The summed E-state index contributed by atoms with van der Waals surface area (Å²) in [5, 5.41) is 19.1. The number of nitrogens with one attached hydrogen (secondary N) is 1. The molecule has 0 saturated carbocycles. The summed E-state index contributed by atoms with van der Waals surface area (Å²) in [5.74, 6) is -1.23. The zero-order valence-corrected chi connectivity index (χ0v) is 10.8. The highest BCUT2D eigenvalue weighted by atomic mass is 32.1. The number of azo groups is 1. The number of hydrogen-bond donors (Lipinski definition) is 2. The maximum atomic E-state index is 13.2. The van der Waals surface area contributed by atoms with Gasteiger partial charge in [-0.15, -0.1) is 21.6 Å². The van der Waals surface area contributed by atoms with E-state index in [1.54, 1.807) is 17.5 Å². The highest BCUT2D eigenvalue weighted by Crippen LogP contribution is 2.35. The smallest absolute Gasteiger partial charge is 0.305 e. The first-order valence-corrected chi connectivity index (χ1v) is 6.53. The van der Waals surface area contributed by atoms with Crippen molar-refractivity contribution in [1.29, 1.82) is 0 Å². The number of aromatic nitrogens is 1. The second-order valence-electron chi connectivity index (χ2n) is 3.99. The van der Waals surface area contributed by atoms with Crippen LogP contribution in [0.2, 0.25) is 0 Å². The van der Waals surface area contributed by atoms with E-state index in [0.29, 0.717) is 15.8 Å². The molecular weight excluding hydrogens is 281 g/mol. The summed E-state index contributed by atoms with van der Waals surface area (Å²) < 4.78 is 13.2. The minimum atomic E-state index is -0.509. The number of hydrogen-bond acceptors (Lipinski definition) is 4. The van der Waals surface area contributed by atoms with Gasteiger partial charge in [0, 0.05) is 5.39 Å². The van der Waals surface area contributed by atoms with Crippen LogP contribution in [0.1, 0.15) is 9.67 Å². The highest BCUT2D eigenvalue weighted by molar-refractivity contribution is 7.12. The SMILES string of the molecule is O=C(N=Nc1c(O)[nH]c2ccc(F)cc12)c1cccs1. The quantitative estimate of drug-likeness (QED) is 0.699. The molecule has 3 rings (SSSR count). The van der Waals surface area contributed by atoms with E-state index in [9.17, 15) is 14.3 Å². The number of fused-ring (bicyclic) bond motifs is 1. The molecule has 3 aromatic rings. The summed E-state index contributed by atoms with van der Waals surface area (Å²) in [5.41, 5.74) is 0.561. The molecule has 0 aliphatic rings. The van der Waals surface area contributed by atoms with E-state index in [1.807, 2.05) is 0 Å². The molecule has 0 aliphatic carbocycles. The molecular formula is C13H8FN3O2S. The first kappa shape index (κ1) is 12.5. The van der Waals surface area contributed by atoms with Gasteiger partial charge in [-0.2, -0.15) is 0 Å². The van der Waals surface area contributed by atoms with E-state index in [-0.39, 0.29) is 11.6 Å². The number of amides is 1. The van der Waals surface area contributed by atoms with Crippen LogP contribution in [0.4, 0.5) is 10.1 Å². The summed E-state index contributed by atoms with van der Waals surface area (Å²) in [6, 6.07) is 7.31. The first-order valence-electron chi connectivity index (χ1n) is 5.65. The number of thiophene rings is 1. The van der Waals surface area contributed by atoms with Crippen LogP contribution < -0.4 is 0 Å². The van der Waals surface area contributed by atoms with E-state index >= 15 is 0 Å². The van der Waals surface area contributed by atoms with Gasteiger partial charge >= 0.3 is 5.91 Å². The van der Waals surface area contributed by atoms with Crippen molar-refractivity contribution in [2.45, 2.75) is 0 Å². The Balaban J connectivity index is 2.00. The third-order valence-electron chi connectivity index (χ3n) is 2.69. The van der Waals surface area contributed by atoms with E-state index in [2.05, 4.69) is 15.2 Å². The van der Waals surface area contributed by atoms with Crippen molar-refractivity contribution < 1.29 is 14.3 Å². The normalized spacial score (nSPS) is 11.4. The second kappa shape index (κ2) is 4.86. The van der Waals surface area contributed by atoms with E-state index in [4.69, 9.17) is 0 Å². The Morgan fingerprint density at radius 1 is 1.35 bits per heavy atom. The van der Waals surface area contributed by atoms with Gasteiger partial charge < -0.3 is 10.1 Å². The van der Waals surface area contributed by atoms with Gasteiger partial charge in [0.15, 0.2) is 5.69 Å². The van der Waals surface area contributed by atoms with E-state index < -0.39 is 11.7 Å². The number of nitrogens with zero attached hydrogens (tertiary/aromatic N) is 2. The van der Waals surface area contributed by atoms with Crippen LogP contribution in [0, 0.1) is 5.82 Å². The van der Waals surface area contributed by atoms with Gasteiger partial charge in [0.05, 0.1) is 10.4 Å². The predicted octanol–water partition coefficient (Wildman–Crippen LogP) is 4.00. The van der Waals surface area contributed by atoms with Crippen molar-refractivity contribution in [2.75, 3.05) is 0 Å². The summed E-state index contributed by atoms with van der Waals surface area (Å²) >= 11 is 1.24. The molecule has 0 aliphatic heterocycles. The molecule has 1 aromatic carbocycles. The maximum absolute atomic E-state index is 13.2. The van der Waals surface area contributed by atoms with Gasteiger partial charge in [0.2, 0.25) is 5.88 Å². The van der Waals surface area contributed by atoms with Crippen LogP contribution in [0.3, 0.4) is 0 Å². The molecule has 0 fully saturated rings. The fourth-order valence-corrected chi connectivity index (χ4v) is 2.38. The lowest BCUT2D eigenvalue weighted by atomic mass is 10.2. The largest absolute Gasteiger partial charge is 0.493 e. The Morgan fingerprint density at radius 3 is 2.95 bits per heavy atom. The minimum Gasteiger partial charge on any atom is -0.493 e. The van der Waals surface area contributed by atoms with Crippen LogP contribution in [0.25, 0.3) is 10.9 Å². The Hall–Kier alpha value is -2.54. The summed E-state index contributed by atoms with van der Waals surface area (Å²) in [4.78, 5) is 14.8. The van der Waals surface area contributed by atoms with Crippen molar-refractivity contribution in [3.8, 4) is 5.88 Å². The average Bonchev–Trinajstić information content (AvgIpc) is 3.04. The zero-order chi connectivity index (χ0) is 14.1. The number of aromatic hydroxyl groups is 1. The number of carbonyl (C=O) groups excluding carboxylic acids is 1. The molecule has 1 amide bonds. The summed E-state index contributed by atoms with van der Waals surface area (Å²) in [7, 11) is 0. The van der Waals surface area contributed by atoms with Gasteiger partial charge in [-0.05, 0) is 29.6 Å². The fourth-order valence-electron chi connectivity index (χ4n) is 1.78. The second-order valence-corrected chi connectivity index (χ2v) is 4.94. The number of halogens is 1. The number of carbonyl (C=O) groups is 1. The van der Waals surface area contributed by atoms with E-state index in [0.717, 1.165) is 0 Å². The molecule has 0 atom stereocenters. The molecule has 5 nitrogen and oxygen atoms in total. The lowest BCUT2D eigenvalue weighted by Crippen LogP contribution is -1.87. The molecule has 20 heavy (non-hydrogen) atoms. The number of rotatable bonds is 2. The summed E-state index contributed by atoms with van der Waals surface area (Å²) in [6.45, 7) is 0. The van der Waals surface area contributed by atoms with Gasteiger partial charge in [-0.1, -0.05) is 6.07 Å². The van der Waals surface area contributed by atoms with Gasteiger partial charge in [-0.3, -0.25) is 4.79 Å². The maximum Gasteiger partial charge on any atom is 0.305 e. The molecule has 0 radical (unpaired) electrons. The lowest BCUT2D eigenvalue weighted by Gasteiger charge is -1.92. The van der Waals surface area contributed by atoms with Gasteiger partial charge in [-0.25, -0.2) is 4.39 Å². The third kappa shape index (κ3) is 2.19. The van der Waals surface area contributed by atoms with Crippen LogP contribution in [0.15, 0.2) is 45.9 Å². The molecule has 2 aromatic heterocycles. The number of aromatic amines is 1. The van der Waals surface area contributed by atoms with Crippen LogP contribution >= 0.6 is 11.3 Å². The minimum absolute atomic E-state index is 0.0457. The molecule has 7 heteroatoms. The Bertz CT molecular complexity index is 809. The van der Waals surface area contributed by atoms with E-state index in [1.165, 1.54) is 29.5 Å². The Labute approximate surface area is 116 Å². The predicted molar refractivity (Wildman–Crippen MR) is 73.1 cm³/mol. The zero-order valence-electron chi connectivity index (χ0n) is 10.0. The Kier molecular flexibility index (Phi) is 3.03. The standard InChI is InChI=1S/C13H8FN3O2S/c14-7-3-4-9-8(6-7)11(13(19)15-9)16-17-12(18)10-2-1-5-20-10/h1-6,15,19H. The first-order chi connectivity index (χ1) is 9.65. The highest BCUT2D eigenvalue weighted by Gasteiger charge is 2.12. The van der Waals surface area contributed by atoms with Crippen molar-refractivity contribution in [1.82, 2.24) is 4.98 Å². The lowest BCUT2D eigenvalue weighted by molar-refractivity contribution is 0.0999. The van der Waals surface area contributed by atoms with Crippen LogP contribution in [-0.4, -0.2) is 16.0 Å². The van der Waals surface area contributed by atoms with Crippen molar-refractivity contribution in [3.63, 3.8) is 0 Å². The molecule has 0 saturated heterocycles. The topological polar surface area (TPSA) is 77.8 Å². The van der Waals surface area contributed by atoms with Crippen LogP contribution in [-0.2, 0) is 0 Å². The number of H-pyrrole nitrogens is 1. The molecule has 0 spiro atoms. The van der Waals surface area contributed by atoms with Crippen molar-refractivity contribution in [2.24, 2.45) is 10.2 Å². The third-order valence-corrected chi connectivity index (χ3v) is 3.54.